The molecule has 80 valence electrons. The van der Waals surface area contributed by atoms with Gasteiger partial charge in [0.05, 0.1) is 0 Å². The van der Waals surface area contributed by atoms with Crippen LogP contribution in [0, 0.1) is 5.41 Å². The molecule has 0 fully saturated rings. The van der Waals surface area contributed by atoms with Crippen molar-refractivity contribution in [1.82, 2.24) is 10.9 Å². The Bertz CT molecular complexity index is 339. The van der Waals surface area contributed by atoms with Gasteiger partial charge in [0, 0.05) is 0 Å². The third-order valence-electron chi connectivity index (χ3n) is 1.45. The van der Waals surface area contributed by atoms with E-state index in [1.54, 1.807) is 24.3 Å². The number of nitrogens with one attached hydrogen (secondary N) is 3. The molecular formula is C9H12N4O2. The average molecular weight is 208 g/mol. The first-order chi connectivity index (χ1) is 7.18. The van der Waals surface area contributed by atoms with Crippen molar-refractivity contribution >= 4 is 11.9 Å². The van der Waals surface area contributed by atoms with Crippen LogP contribution in [0.3, 0.4) is 0 Å². The number of amides is 1. The van der Waals surface area contributed by atoms with Crippen molar-refractivity contribution < 1.29 is 9.53 Å². The fraction of sp³-hybridized carbons (Fsp3) is 0.111. The highest BCUT2D eigenvalue weighted by Crippen LogP contribution is 2.07. The zero-order valence-electron chi connectivity index (χ0n) is 7.99. The van der Waals surface area contributed by atoms with E-state index in [9.17, 15) is 4.79 Å². The zero-order chi connectivity index (χ0) is 11.1. The maximum atomic E-state index is 11.1. The number of hydrogen-bond donors (Lipinski definition) is 4. The summed E-state index contributed by atoms with van der Waals surface area (Å²) in [7, 11) is 0. The molecule has 0 spiro atoms. The summed E-state index contributed by atoms with van der Waals surface area (Å²) in [5, 5.41) is 6.80. The molecule has 0 atom stereocenters. The third kappa shape index (κ3) is 4.51. The number of para-hydroxylation sites is 1. The van der Waals surface area contributed by atoms with Crippen LogP contribution in [0.1, 0.15) is 0 Å². The summed E-state index contributed by atoms with van der Waals surface area (Å²) >= 11 is 0. The van der Waals surface area contributed by atoms with E-state index >= 15 is 0 Å². The van der Waals surface area contributed by atoms with Gasteiger partial charge in [-0.25, -0.2) is 0 Å². The molecule has 0 aliphatic carbocycles. The molecule has 15 heavy (non-hydrogen) atoms. The minimum Gasteiger partial charge on any atom is -0.484 e. The number of hydrazine groups is 1. The van der Waals surface area contributed by atoms with Gasteiger partial charge in [0.2, 0.25) is 5.96 Å². The second-order valence-electron chi connectivity index (χ2n) is 2.69. The average Bonchev–Trinajstić information content (AvgIpc) is 2.25. The van der Waals surface area contributed by atoms with Crippen LogP contribution in [0.2, 0.25) is 0 Å². The summed E-state index contributed by atoms with van der Waals surface area (Å²) in [4.78, 5) is 11.1. The second-order valence-corrected chi connectivity index (χ2v) is 2.69. The normalized spacial score (nSPS) is 9.07. The van der Waals surface area contributed by atoms with Crippen LogP contribution in [-0.4, -0.2) is 18.5 Å². The first-order valence-corrected chi connectivity index (χ1v) is 4.25. The molecular weight excluding hydrogens is 196 g/mol. The number of carbonyl (C=O) groups is 1. The molecule has 0 aromatic heterocycles. The summed E-state index contributed by atoms with van der Waals surface area (Å²) in [6.45, 7) is -0.135. The molecule has 0 bridgehead atoms. The maximum Gasteiger partial charge on any atom is 0.276 e. The Morgan fingerprint density at radius 2 is 2.00 bits per heavy atom. The van der Waals surface area contributed by atoms with E-state index in [0.29, 0.717) is 5.75 Å². The van der Waals surface area contributed by atoms with E-state index in [-0.39, 0.29) is 12.6 Å². The quantitative estimate of drug-likeness (QED) is 0.308. The van der Waals surface area contributed by atoms with Gasteiger partial charge >= 0.3 is 0 Å². The lowest BCUT2D eigenvalue weighted by Gasteiger charge is -2.07. The van der Waals surface area contributed by atoms with Crippen LogP contribution in [0.4, 0.5) is 0 Å². The molecule has 0 unspecified atom stereocenters. The van der Waals surface area contributed by atoms with Gasteiger partial charge in [0.15, 0.2) is 6.61 Å². The Balaban J connectivity index is 2.26. The van der Waals surface area contributed by atoms with Gasteiger partial charge in [-0.2, -0.15) is 0 Å². The van der Waals surface area contributed by atoms with Gasteiger partial charge < -0.3 is 10.5 Å². The van der Waals surface area contributed by atoms with Crippen LogP contribution in [-0.2, 0) is 4.79 Å². The molecule has 6 heteroatoms. The molecule has 5 N–H and O–H groups in total. The van der Waals surface area contributed by atoms with E-state index in [4.69, 9.17) is 15.9 Å². The molecule has 0 radical (unpaired) electrons. The van der Waals surface area contributed by atoms with Crippen molar-refractivity contribution in [3.05, 3.63) is 30.3 Å². The topological polar surface area (TPSA) is 100 Å². The molecule has 1 amide bonds. The molecule has 6 nitrogen and oxygen atoms in total. The van der Waals surface area contributed by atoms with E-state index in [1.165, 1.54) is 0 Å². The molecule has 0 aliphatic heterocycles. The predicted octanol–water partition coefficient (Wildman–Crippen LogP) is -0.420. The van der Waals surface area contributed by atoms with E-state index in [1.807, 2.05) is 6.07 Å². The first-order valence-electron chi connectivity index (χ1n) is 4.25. The SMILES string of the molecule is N=C(N)NNC(=O)COc1ccccc1. The number of rotatable bonds is 3. The maximum absolute atomic E-state index is 11.1. The predicted molar refractivity (Wildman–Crippen MR) is 55.1 cm³/mol. The Hall–Kier alpha value is -2.24. The Morgan fingerprint density at radius 3 is 2.60 bits per heavy atom. The van der Waals surface area contributed by atoms with Crippen molar-refractivity contribution in [3.63, 3.8) is 0 Å². The van der Waals surface area contributed by atoms with Gasteiger partial charge in [-0.05, 0) is 12.1 Å². The largest absolute Gasteiger partial charge is 0.484 e. The van der Waals surface area contributed by atoms with Crippen LogP contribution in [0.5, 0.6) is 5.75 Å². The van der Waals surface area contributed by atoms with Crippen LogP contribution in [0.25, 0.3) is 0 Å². The van der Waals surface area contributed by atoms with E-state index < -0.39 is 5.91 Å². The highest BCUT2D eigenvalue weighted by Gasteiger charge is 2.01. The fourth-order valence-corrected chi connectivity index (χ4v) is 0.839. The van der Waals surface area contributed by atoms with Gasteiger partial charge in [0.25, 0.3) is 5.91 Å². The van der Waals surface area contributed by atoms with Gasteiger partial charge in [-0.3, -0.25) is 21.1 Å². The Kier molecular flexibility index (Phi) is 3.96. The van der Waals surface area contributed by atoms with Gasteiger partial charge in [0.1, 0.15) is 5.75 Å². The number of hydrogen-bond acceptors (Lipinski definition) is 3. The number of carbonyl (C=O) groups excluding carboxylic acids is 1. The van der Waals surface area contributed by atoms with Crippen molar-refractivity contribution in [2.45, 2.75) is 0 Å². The Labute approximate surface area is 86.9 Å². The van der Waals surface area contributed by atoms with E-state index in [2.05, 4.69) is 10.9 Å². The fourth-order valence-electron chi connectivity index (χ4n) is 0.839. The zero-order valence-corrected chi connectivity index (χ0v) is 7.99. The minimum atomic E-state index is -0.408. The molecule has 0 saturated carbocycles. The third-order valence-corrected chi connectivity index (χ3v) is 1.45. The molecule has 1 aromatic carbocycles. The van der Waals surface area contributed by atoms with Crippen LogP contribution >= 0.6 is 0 Å². The standard InChI is InChI=1S/C9H12N4O2/c10-9(11)13-12-8(14)6-15-7-4-2-1-3-5-7/h1-5H,6H2,(H,12,14)(H4,10,11,13). The first kappa shape index (κ1) is 10.8. The van der Waals surface area contributed by atoms with Crippen LogP contribution < -0.4 is 21.3 Å². The summed E-state index contributed by atoms with van der Waals surface area (Å²) in [5.41, 5.74) is 9.32. The lowest BCUT2D eigenvalue weighted by Crippen LogP contribution is -2.46. The number of benzene rings is 1. The van der Waals surface area contributed by atoms with Crippen molar-refractivity contribution in [3.8, 4) is 5.75 Å². The summed E-state index contributed by atoms with van der Waals surface area (Å²) in [6, 6.07) is 8.95. The molecule has 0 saturated heterocycles. The van der Waals surface area contributed by atoms with Gasteiger partial charge in [-0.15, -0.1) is 0 Å². The highest BCUT2D eigenvalue weighted by atomic mass is 16.5. The molecule has 1 aromatic rings. The number of guanidine groups is 1. The van der Waals surface area contributed by atoms with Crippen LogP contribution in [0.15, 0.2) is 30.3 Å². The minimum absolute atomic E-state index is 0.135. The lowest BCUT2D eigenvalue weighted by molar-refractivity contribution is -0.123. The lowest BCUT2D eigenvalue weighted by atomic mass is 10.3. The molecule has 1 rings (SSSR count). The number of nitrogens with two attached hydrogens (primary N) is 1. The Morgan fingerprint density at radius 1 is 1.33 bits per heavy atom. The summed E-state index contributed by atoms with van der Waals surface area (Å²) in [5.74, 6) is -0.132. The summed E-state index contributed by atoms with van der Waals surface area (Å²) in [6.07, 6.45) is 0. The molecule has 0 heterocycles. The summed E-state index contributed by atoms with van der Waals surface area (Å²) < 4.78 is 5.14. The van der Waals surface area contributed by atoms with Gasteiger partial charge in [-0.1, -0.05) is 18.2 Å². The number of ether oxygens (including phenoxy) is 1. The van der Waals surface area contributed by atoms with Crippen molar-refractivity contribution in [2.75, 3.05) is 6.61 Å². The molecule has 0 aliphatic rings. The second kappa shape index (κ2) is 5.48. The smallest absolute Gasteiger partial charge is 0.276 e. The van der Waals surface area contributed by atoms with Crippen molar-refractivity contribution in [2.24, 2.45) is 5.73 Å². The monoisotopic (exact) mass is 208 g/mol. The van der Waals surface area contributed by atoms with E-state index in [0.717, 1.165) is 0 Å². The highest BCUT2D eigenvalue weighted by molar-refractivity contribution is 5.82. The van der Waals surface area contributed by atoms with Crippen molar-refractivity contribution in [1.29, 1.82) is 5.41 Å².